The number of aryl methyl sites for hydroxylation is 1. The molecule has 44 heavy (non-hydrogen) atoms. The van der Waals surface area contributed by atoms with Gasteiger partial charge in [-0.1, -0.05) is 43.3 Å². The Morgan fingerprint density at radius 2 is 1.23 bits per heavy atom. The summed E-state index contributed by atoms with van der Waals surface area (Å²) >= 11 is 0. The topological polar surface area (TPSA) is 95.0 Å². The van der Waals surface area contributed by atoms with Crippen molar-refractivity contribution < 1.29 is 24.1 Å². The molecular formula is C36H45N3O5. The number of methoxy groups -OCH3 is 2. The van der Waals surface area contributed by atoms with Crippen LogP contribution in [0.15, 0.2) is 60.7 Å². The van der Waals surface area contributed by atoms with E-state index in [4.69, 9.17) is 24.1 Å². The number of nitrogens with one attached hydrogen (secondary N) is 1. The summed E-state index contributed by atoms with van der Waals surface area (Å²) in [6, 6.07) is 20.4. The molecule has 2 aromatic carbocycles. The lowest BCUT2D eigenvalue weighted by atomic mass is 9.92. The largest absolute Gasteiger partial charge is 0.481 e. The number of aliphatic hydroxyl groups is 1. The molecular weight excluding hydrogens is 554 g/mol. The number of unbranched alkanes of at least 4 members (excludes halogenated alkanes) is 1. The van der Waals surface area contributed by atoms with E-state index in [0.29, 0.717) is 43.3 Å². The molecule has 4 rings (SSSR count). The molecule has 2 N–H and O–H groups in total. The fourth-order valence-corrected chi connectivity index (χ4v) is 5.14. The average Bonchev–Trinajstić information content (AvgIpc) is 3.05. The quantitative estimate of drug-likeness (QED) is 0.129. The first kappa shape index (κ1) is 32.8. The maximum Gasteiger partial charge on any atom is 0.220 e. The second kappa shape index (κ2) is 16.6. The van der Waals surface area contributed by atoms with Gasteiger partial charge in [-0.25, -0.2) is 0 Å². The van der Waals surface area contributed by atoms with Crippen molar-refractivity contribution >= 4 is 0 Å². The second-order valence-electron chi connectivity index (χ2n) is 10.8. The summed E-state index contributed by atoms with van der Waals surface area (Å²) < 4.78 is 23.3. The fraction of sp³-hybridized carbons (Fsp3) is 0.389. The van der Waals surface area contributed by atoms with Crippen LogP contribution in [0, 0.1) is 13.8 Å². The number of hydrogen-bond acceptors (Lipinski definition) is 8. The highest BCUT2D eigenvalue weighted by Gasteiger charge is 2.14. The molecule has 0 atom stereocenters. The number of nitrogens with zero attached hydrogens (tertiary/aromatic N) is 2. The van der Waals surface area contributed by atoms with Gasteiger partial charge in [0, 0.05) is 36.4 Å². The monoisotopic (exact) mass is 599 g/mol. The summed E-state index contributed by atoms with van der Waals surface area (Å²) in [5, 5.41) is 12.5. The Bertz CT molecular complexity index is 1390. The van der Waals surface area contributed by atoms with E-state index in [1.165, 1.54) is 0 Å². The van der Waals surface area contributed by atoms with Gasteiger partial charge in [0.15, 0.2) is 0 Å². The van der Waals surface area contributed by atoms with Crippen molar-refractivity contribution in [3.05, 3.63) is 94.0 Å². The summed E-state index contributed by atoms with van der Waals surface area (Å²) in [6.45, 7) is 9.02. The third kappa shape index (κ3) is 8.49. The van der Waals surface area contributed by atoms with E-state index in [1.54, 1.807) is 14.2 Å². The lowest BCUT2D eigenvalue weighted by Gasteiger charge is -2.17. The number of aromatic nitrogens is 2. The zero-order valence-electron chi connectivity index (χ0n) is 26.6. The SMILES string of the molecule is CCCNCc1ccc(OCc2cccc(-c3cccc(COc4ccc(CCCCO)c(OC)n4)c3C)c2C)nc1OC. The van der Waals surface area contributed by atoms with Crippen LogP contribution in [0.4, 0.5) is 0 Å². The van der Waals surface area contributed by atoms with E-state index in [2.05, 4.69) is 72.5 Å². The summed E-state index contributed by atoms with van der Waals surface area (Å²) in [6.07, 6.45) is 3.50. The van der Waals surface area contributed by atoms with Crippen molar-refractivity contribution in [3.8, 4) is 34.6 Å². The van der Waals surface area contributed by atoms with Crippen molar-refractivity contribution in [1.29, 1.82) is 0 Å². The zero-order valence-corrected chi connectivity index (χ0v) is 26.6. The Balaban J connectivity index is 1.45. The first-order chi connectivity index (χ1) is 21.5. The third-order valence-corrected chi connectivity index (χ3v) is 7.74. The molecule has 0 bridgehead atoms. The molecule has 0 saturated heterocycles. The Labute approximate surface area is 261 Å². The van der Waals surface area contributed by atoms with Gasteiger partial charge >= 0.3 is 0 Å². The molecule has 0 spiro atoms. The van der Waals surface area contributed by atoms with Crippen molar-refractivity contribution in [1.82, 2.24) is 15.3 Å². The van der Waals surface area contributed by atoms with Gasteiger partial charge in [-0.05, 0) is 91.6 Å². The van der Waals surface area contributed by atoms with E-state index in [0.717, 1.165) is 76.7 Å². The maximum absolute atomic E-state index is 9.07. The number of rotatable bonds is 17. The van der Waals surface area contributed by atoms with E-state index >= 15 is 0 Å². The molecule has 0 aliphatic carbocycles. The molecule has 0 fully saturated rings. The van der Waals surface area contributed by atoms with Crippen LogP contribution in [-0.2, 0) is 26.2 Å². The van der Waals surface area contributed by atoms with Crippen LogP contribution in [-0.4, -0.2) is 42.4 Å². The highest BCUT2D eigenvalue weighted by Crippen LogP contribution is 2.32. The molecule has 0 amide bonds. The fourth-order valence-electron chi connectivity index (χ4n) is 5.14. The summed E-state index contributed by atoms with van der Waals surface area (Å²) in [5.41, 5.74) is 8.81. The van der Waals surface area contributed by atoms with Crippen molar-refractivity contribution in [2.45, 2.75) is 66.2 Å². The normalized spacial score (nSPS) is 11.0. The molecule has 0 radical (unpaired) electrons. The molecule has 8 heteroatoms. The molecule has 2 aromatic heterocycles. The van der Waals surface area contributed by atoms with Gasteiger partial charge in [-0.2, -0.15) is 9.97 Å². The summed E-state index contributed by atoms with van der Waals surface area (Å²) in [5.74, 6) is 2.19. The van der Waals surface area contributed by atoms with Gasteiger partial charge in [-0.15, -0.1) is 0 Å². The number of aliphatic hydroxyl groups excluding tert-OH is 1. The predicted molar refractivity (Wildman–Crippen MR) is 174 cm³/mol. The van der Waals surface area contributed by atoms with Crippen molar-refractivity contribution in [3.63, 3.8) is 0 Å². The van der Waals surface area contributed by atoms with Crippen LogP contribution in [0.3, 0.4) is 0 Å². The van der Waals surface area contributed by atoms with E-state index in [-0.39, 0.29) is 6.61 Å². The summed E-state index contributed by atoms with van der Waals surface area (Å²) in [4.78, 5) is 9.14. The zero-order chi connectivity index (χ0) is 31.3. The lowest BCUT2D eigenvalue weighted by Crippen LogP contribution is -2.15. The van der Waals surface area contributed by atoms with Crippen LogP contribution in [0.2, 0.25) is 0 Å². The first-order valence-corrected chi connectivity index (χ1v) is 15.3. The molecule has 8 nitrogen and oxygen atoms in total. The second-order valence-corrected chi connectivity index (χ2v) is 10.8. The minimum Gasteiger partial charge on any atom is -0.481 e. The third-order valence-electron chi connectivity index (χ3n) is 7.74. The standard InChI is InChI=1S/C36H45N3O5/c1-6-20-37-22-28-17-19-34(39-36(28)42-5)44-24-30-13-10-15-32(26(30)3)31-14-9-12-29(25(31)2)23-43-33-18-16-27(11-7-8-21-40)35(38-33)41-4/h9-10,12-19,37,40H,6-8,11,20-24H2,1-5H3. The van der Waals surface area contributed by atoms with Gasteiger partial charge in [0.2, 0.25) is 23.5 Å². The van der Waals surface area contributed by atoms with Gasteiger partial charge in [0.1, 0.15) is 13.2 Å². The minimum absolute atomic E-state index is 0.187. The molecule has 0 aliphatic heterocycles. The minimum atomic E-state index is 0.187. The first-order valence-electron chi connectivity index (χ1n) is 15.3. The van der Waals surface area contributed by atoms with Crippen LogP contribution in [0.1, 0.15) is 59.6 Å². The molecule has 0 saturated carbocycles. The van der Waals surface area contributed by atoms with E-state index in [9.17, 15) is 0 Å². The maximum atomic E-state index is 9.07. The Morgan fingerprint density at radius 3 is 1.75 bits per heavy atom. The summed E-state index contributed by atoms with van der Waals surface area (Å²) in [7, 11) is 3.25. The molecule has 0 aliphatic rings. The molecule has 0 unspecified atom stereocenters. The van der Waals surface area contributed by atoms with Crippen LogP contribution < -0.4 is 24.3 Å². The predicted octanol–water partition coefficient (Wildman–Crippen LogP) is 6.75. The van der Waals surface area contributed by atoms with Crippen LogP contribution >= 0.6 is 0 Å². The van der Waals surface area contributed by atoms with E-state index < -0.39 is 0 Å². The Morgan fingerprint density at radius 1 is 0.682 bits per heavy atom. The van der Waals surface area contributed by atoms with Crippen LogP contribution in [0.25, 0.3) is 11.1 Å². The molecule has 4 aromatic rings. The van der Waals surface area contributed by atoms with Gasteiger partial charge < -0.3 is 29.4 Å². The van der Waals surface area contributed by atoms with Crippen molar-refractivity contribution in [2.75, 3.05) is 27.4 Å². The number of benzene rings is 2. The molecule has 2 heterocycles. The van der Waals surface area contributed by atoms with Gasteiger partial charge in [0.05, 0.1) is 14.2 Å². The average molecular weight is 600 g/mol. The highest BCUT2D eigenvalue weighted by molar-refractivity contribution is 5.72. The lowest BCUT2D eigenvalue weighted by molar-refractivity contribution is 0.281. The van der Waals surface area contributed by atoms with Crippen molar-refractivity contribution in [2.24, 2.45) is 0 Å². The van der Waals surface area contributed by atoms with Gasteiger partial charge in [-0.3, -0.25) is 0 Å². The highest BCUT2D eigenvalue weighted by atomic mass is 16.5. The van der Waals surface area contributed by atoms with Gasteiger partial charge in [0.25, 0.3) is 0 Å². The molecule has 234 valence electrons. The van der Waals surface area contributed by atoms with Crippen LogP contribution in [0.5, 0.6) is 23.5 Å². The van der Waals surface area contributed by atoms with E-state index in [1.807, 2.05) is 24.3 Å². The number of hydrogen-bond donors (Lipinski definition) is 2. The Kier molecular flexibility index (Phi) is 12.4. The Hall–Kier alpha value is -4.14. The smallest absolute Gasteiger partial charge is 0.220 e. The number of pyridine rings is 2. The number of ether oxygens (including phenoxy) is 4.